The summed E-state index contributed by atoms with van der Waals surface area (Å²) in [6.07, 6.45) is 2.91. The largest absolute Gasteiger partial charge is 0.426 e. The molecule has 1 aliphatic rings. The second-order valence-electron chi connectivity index (χ2n) is 4.14. The van der Waals surface area contributed by atoms with Gasteiger partial charge in [-0.25, -0.2) is 4.99 Å². The predicted octanol–water partition coefficient (Wildman–Crippen LogP) is 1.33. The summed E-state index contributed by atoms with van der Waals surface area (Å²) >= 11 is 11.9. The molecule has 112 valence electrons. The minimum absolute atomic E-state index is 0.0360. The van der Waals surface area contributed by atoms with Crippen LogP contribution in [0.3, 0.4) is 0 Å². The van der Waals surface area contributed by atoms with Crippen LogP contribution in [0.25, 0.3) is 0 Å². The molecule has 1 atom stereocenters. The van der Waals surface area contributed by atoms with E-state index in [1.807, 2.05) is 6.07 Å². The van der Waals surface area contributed by atoms with E-state index in [1.54, 1.807) is 24.3 Å². The van der Waals surface area contributed by atoms with Crippen LogP contribution >= 0.6 is 23.2 Å². The normalized spacial score (nSPS) is 20.6. The lowest BCUT2D eigenvalue weighted by Crippen LogP contribution is -2.45. The lowest BCUT2D eigenvalue weighted by atomic mass is 10.3. The quantitative estimate of drug-likeness (QED) is 0.183. The Morgan fingerprint density at radius 1 is 1.38 bits per heavy atom. The van der Waals surface area contributed by atoms with Gasteiger partial charge in [0.1, 0.15) is 10.9 Å². The number of benzene rings is 1. The maximum absolute atomic E-state index is 11.6. The van der Waals surface area contributed by atoms with Gasteiger partial charge >= 0.3 is 5.97 Å². The monoisotopic (exact) mass is 328 g/mol. The highest BCUT2D eigenvalue weighted by atomic mass is 35.5. The van der Waals surface area contributed by atoms with Crippen LogP contribution in [0.1, 0.15) is 0 Å². The summed E-state index contributed by atoms with van der Waals surface area (Å²) in [5, 5.41) is 7.69. The number of para-hydroxylation sites is 1. The maximum atomic E-state index is 11.6. The zero-order chi connectivity index (χ0) is 15.1. The molecule has 1 aromatic carbocycles. The molecule has 0 spiro atoms. The van der Waals surface area contributed by atoms with E-state index in [1.165, 1.54) is 12.4 Å². The molecule has 6 nitrogen and oxygen atoms in total. The Morgan fingerprint density at radius 3 is 2.86 bits per heavy atom. The van der Waals surface area contributed by atoms with Crippen LogP contribution in [0.4, 0.5) is 0 Å². The van der Waals surface area contributed by atoms with E-state index in [4.69, 9.17) is 27.9 Å². The molecule has 1 aromatic rings. The third-order valence-corrected chi connectivity index (χ3v) is 3.04. The Labute approximate surface area is 132 Å². The molecule has 0 saturated heterocycles. The minimum Gasteiger partial charge on any atom is -0.426 e. The van der Waals surface area contributed by atoms with E-state index >= 15 is 0 Å². The van der Waals surface area contributed by atoms with Crippen molar-refractivity contribution in [1.29, 1.82) is 0 Å². The number of rotatable bonds is 6. The molecule has 21 heavy (non-hydrogen) atoms. The Hall–Kier alpha value is -1.60. The molecular weight excluding hydrogens is 315 g/mol. The van der Waals surface area contributed by atoms with Crippen LogP contribution < -0.4 is 20.7 Å². The lowest BCUT2D eigenvalue weighted by molar-refractivity contribution is -0.133. The molecule has 0 fully saturated rings. The second-order valence-corrected chi connectivity index (χ2v) is 5.12. The number of carbonyl (C=O) groups excluding carboxylic acids is 1. The zero-order valence-electron chi connectivity index (χ0n) is 11.0. The van der Waals surface area contributed by atoms with Crippen molar-refractivity contribution in [2.75, 3.05) is 13.2 Å². The fourth-order valence-electron chi connectivity index (χ4n) is 1.54. The van der Waals surface area contributed by atoms with Gasteiger partial charge in [-0.1, -0.05) is 41.4 Å². The van der Waals surface area contributed by atoms with Gasteiger partial charge in [0.05, 0.1) is 12.9 Å². The van der Waals surface area contributed by atoms with Crippen molar-refractivity contribution in [2.45, 2.75) is 5.12 Å². The van der Waals surface area contributed by atoms with Gasteiger partial charge in [0, 0.05) is 12.7 Å². The summed E-state index contributed by atoms with van der Waals surface area (Å²) in [5.74, 6) is 0.109. The molecule has 0 aromatic heterocycles. The summed E-state index contributed by atoms with van der Waals surface area (Å²) in [6.45, 7) is 0.291. The summed E-state index contributed by atoms with van der Waals surface area (Å²) < 4.78 is 5.11. The van der Waals surface area contributed by atoms with Crippen LogP contribution in [-0.4, -0.2) is 30.6 Å². The highest BCUT2D eigenvalue weighted by molar-refractivity contribution is 6.32. The van der Waals surface area contributed by atoms with Crippen molar-refractivity contribution in [3.05, 3.63) is 41.6 Å². The van der Waals surface area contributed by atoms with E-state index in [9.17, 15) is 4.79 Å². The fraction of sp³-hybridized carbons (Fsp3) is 0.231. The third kappa shape index (κ3) is 5.35. The number of ether oxygens (including phenoxy) is 1. The lowest BCUT2D eigenvalue weighted by Gasteiger charge is -2.23. The van der Waals surface area contributed by atoms with Gasteiger partial charge in [-0.2, -0.15) is 0 Å². The number of nitrogens with zero attached hydrogens (tertiary/aromatic N) is 1. The van der Waals surface area contributed by atoms with Crippen molar-refractivity contribution in [2.24, 2.45) is 4.99 Å². The van der Waals surface area contributed by atoms with E-state index in [-0.39, 0.29) is 13.2 Å². The SMILES string of the molecule is O=C(CNCNC1(Cl)C=C(Cl)NC=N1)Oc1ccccc1. The molecule has 0 radical (unpaired) electrons. The Balaban J connectivity index is 1.69. The zero-order valence-corrected chi connectivity index (χ0v) is 12.5. The molecule has 3 N–H and O–H groups in total. The van der Waals surface area contributed by atoms with Crippen molar-refractivity contribution in [3.8, 4) is 5.75 Å². The predicted molar refractivity (Wildman–Crippen MR) is 82.2 cm³/mol. The minimum atomic E-state index is -1.13. The molecular formula is C13H14Cl2N4O2. The molecule has 8 heteroatoms. The highest BCUT2D eigenvalue weighted by Gasteiger charge is 2.24. The van der Waals surface area contributed by atoms with Gasteiger partial charge in [0.2, 0.25) is 5.12 Å². The van der Waals surface area contributed by atoms with Crippen LogP contribution in [0.5, 0.6) is 5.75 Å². The smallest absolute Gasteiger partial charge is 0.325 e. The molecule has 1 aliphatic heterocycles. The van der Waals surface area contributed by atoms with Crippen molar-refractivity contribution < 1.29 is 9.53 Å². The molecule has 0 aliphatic carbocycles. The average molecular weight is 329 g/mol. The van der Waals surface area contributed by atoms with Gasteiger partial charge in [-0.15, -0.1) is 0 Å². The highest BCUT2D eigenvalue weighted by Crippen LogP contribution is 2.19. The van der Waals surface area contributed by atoms with Crippen LogP contribution in [0.2, 0.25) is 0 Å². The van der Waals surface area contributed by atoms with E-state index in [0.29, 0.717) is 10.9 Å². The Morgan fingerprint density at radius 2 is 2.14 bits per heavy atom. The van der Waals surface area contributed by atoms with Crippen molar-refractivity contribution >= 4 is 35.5 Å². The first-order valence-corrected chi connectivity index (χ1v) is 6.92. The summed E-state index contributed by atoms with van der Waals surface area (Å²) in [7, 11) is 0. The number of esters is 1. The molecule has 1 unspecified atom stereocenters. The first-order valence-electron chi connectivity index (χ1n) is 6.16. The van der Waals surface area contributed by atoms with Gasteiger partial charge < -0.3 is 10.1 Å². The van der Waals surface area contributed by atoms with Gasteiger partial charge in [-0.05, 0) is 12.1 Å². The van der Waals surface area contributed by atoms with E-state index in [2.05, 4.69) is 20.9 Å². The number of hydrogen-bond acceptors (Lipinski definition) is 6. The van der Waals surface area contributed by atoms with Crippen LogP contribution in [0.15, 0.2) is 46.6 Å². The van der Waals surface area contributed by atoms with Gasteiger partial charge in [-0.3, -0.25) is 15.4 Å². The second kappa shape index (κ2) is 7.42. The van der Waals surface area contributed by atoms with Gasteiger partial charge in [0.25, 0.3) is 0 Å². The standard InChI is InChI=1S/C13H14Cl2N4O2/c14-11-6-13(15,19-9-17-11)18-8-16-7-12(20)21-10-4-2-1-3-5-10/h1-6,9,16,18H,7-8H2,(H,17,19). The number of hydrogen-bond donors (Lipinski definition) is 3. The van der Waals surface area contributed by atoms with Crippen molar-refractivity contribution in [3.63, 3.8) is 0 Å². The van der Waals surface area contributed by atoms with Crippen molar-refractivity contribution in [1.82, 2.24) is 16.0 Å². The molecule has 1 heterocycles. The summed E-state index contributed by atoms with van der Waals surface area (Å²) in [6, 6.07) is 8.85. The average Bonchev–Trinajstić information content (AvgIpc) is 2.44. The number of carbonyl (C=O) groups is 1. The maximum Gasteiger partial charge on any atom is 0.325 e. The molecule has 0 bridgehead atoms. The van der Waals surface area contributed by atoms with E-state index < -0.39 is 11.1 Å². The first-order chi connectivity index (χ1) is 10.1. The van der Waals surface area contributed by atoms with Crippen LogP contribution in [0, 0.1) is 0 Å². The summed E-state index contributed by atoms with van der Waals surface area (Å²) in [4.78, 5) is 15.6. The summed E-state index contributed by atoms with van der Waals surface area (Å²) in [5.41, 5.74) is 0. The van der Waals surface area contributed by atoms with Gasteiger partial charge in [0.15, 0.2) is 0 Å². The molecule has 0 saturated carbocycles. The van der Waals surface area contributed by atoms with Crippen LogP contribution in [-0.2, 0) is 4.79 Å². The Kier molecular flexibility index (Phi) is 5.58. The molecule has 0 amide bonds. The first kappa shape index (κ1) is 15.8. The molecule has 2 rings (SSSR count). The van der Waals surface area contributed by atoms with E-state index in [0.717, 1.165) is 0 Å². The number of halogens is 2. The Bertz CT molecular complexity index is 550. The third-order valence-electron chi connectivity index (χ3n) is 2.48. The number of aliphatic imine (C=N–C) groups is 1. The fourth-order valence-corrected chi connectivity index (χ4v) is 2.03. The number of alkyl halides is 1. The number of nitrogens with one attached hydrogen (secondary N) is 3. The topological polar surface area (TPSA) is 74.8 Å².